The van der Waals surface area contributed by atoms with E-state index in [0.717, 1.165) is 0 Å². The second kappa shape index (κ2) is 15.5. The number of amides is 3. The SMILES string of the molecule is CSCCC(N)C(=O)NCC(=O)NC(CCCN=C(N)N)C(=O)NC(Cc1cnc[nH]1)C(=O)O. The van der Waals surface area contributed by atoms with Gasteiger partial charge in [-0.25, -0.2) is 9.78 Å². The van der Waals surface area contributed by atoms with Crippen molar-refractivity contribution in [3.63, 3.8) is 0 Å². The number of imidazole rings is 1. The molecule has 3 amide bonds. The Kier molecular flexibility index (Phi) is 13.1. The number of nitrogens with zero attached hydrogens (tertiary/aromatic N) is 2. The molecule has 190 valence electrons. The molecule has 0 saturated carbocycles. The molecule has 0 aliphatic heterocycles. The molecule has 1 aromatic rings. The number of carbonyl (C=O) groups excluding carboxylic acids is 3. The van der Waals surface area contributed by atoms with Gasteiger partial charge in [0.1, 0.15) is 12.1 Å². The van der Waals surface area contributed by atoms with Crippen molar-refractivity contribution in [2.75, 3.05) is 25.1 Å². The molecule has 34 heavy (non-hydrogen) atoms. The molecule has 0 bridgehead atoms. The maximum Gasteiger partial charge on any atom is 0.326 e. The van der Waals surface area contributed by atoms with Gasteiger partial charge >= 0.3 is 5.97 Å². The number of carboxylic acids is 1. The Morgan fingerprint density at radius 2 is 1.91 bits per heavy atom. The largest absolute Gasteiger partial charge is 0.480 e. The molecule has 0 fully saturated rings. The predicted octanol–water partition coefficient (Wildman–Crippen LogP) is -2.74. The summed E-state index contributed by atoms with van der Waals surface area (Å²) < 4.78 is 0. The lowest BCUT2D eigenvalue weighted by Gasteiger charge is -2.21. The van der Waals surface area contributed by atoms with Crippen molar-refractivity contribution >= 4 is 41.4 Å². The molecule has 1 heterocycles. The lowest BCUT2D eigenvalue weighted by molar-refractivity contribution is -0.142. The quantitative estimate of drug-likeness (QED) is 0.0662. The topological polar surface area (TPSA) is 244 Å². The molecule has 0 saturated heterocycles. The zero-order valence-electron chi connectivity index (χ0n) is 19.0. The molecule has 0 aliphatic carbocycles. The summed E-state index contributed by atoms with van der Waals surface area (Å²) in [6.45, 7) is -0.181. The lowest BCUT2D eigenvalue weighted by atomic mass is 10.1. The van der Waals surface area contributed by atoms with E-state index in [9.17, 15) is 24.3 Å². The Bertz CT molecular complexity index is 830. The highest BCUT2D eigenvalue weighted by Crippen LogP contribution is 2.03. The number of H-pyrrole nitrogens is 1. The molecule has 3 atom stereocenters. The fourth-order valence-electron chi connectivity index (χ4n) is 2.78. The number of aromatic nitrogens is 2. The molecule has 11 N–H and O–H groups in total. The van der Waals surface area contributed by atoms with Gasteiger partial charge in [0.25, 0.3) is 0 Å². The maximum absolute atomic E-state index is 12.8. The van der Waals surface area contributed by atoms with E-state index < -0.39 is 41.8 Å². The molecule has 0 radical (unpaired) electrons. The zero-order chi connectivity index (χ0) is 25.5. The number of nitrogens with one attached hydrogen (secondary N) is 4. The van der Waals surface area contributed by atoms with Crippen molar-refractivity contribution in [3.05, 3.63) is 18.2 Å². The van der Waals surface area contributed by atoms with Crippen LogP contribution in [-0.2, 0) is 25.6 Å². The molecule has 3 unspecified atom stereocenters. The third kappa shape index (κ3) is 11.5. The van der Waals surface area contributed by atoms with E-state index in [-0.39, 0.29) is 31.9 Å². The molecule has 0 aliphatic rings. The number of aliphatic carboxylic acids is 1. The zero-order valence-corrected chi connectivity index (χ0v) is 19.8. The van der Waals surface area contributed by atoms with Crippen LogP contribution in [0.15, 0.2) is 17.5 Å². The van der Waals surface area contributed by atoms with Crippen molar-refractivity contribution in [3.8, 4) is 0 Å². The number of aromatic amines is 1. The molecule has 1 rings (SSSR count). The first-order valence-corrected chi connectivity index (χ1v) is 11.9. The number of carbonyl (C=O) groups is 4. The maximum atomic E-state index is 12.8. The van der Waals surface area contributed by atoms with Crippen LogP contribution in [0.4, 0.5) is 0 Å². The average molecular weight is 500 g/mol. The number of thioether (sulfide) groups is 1. The van der Waals surface area contributed by atoms with Gasteiger partial charge in [-0.1, -0.05) is 0 Å². The van der Waals surface area contributed by atoms with E-state index in [2.05, 4.69) is 30.9 Å². The summed E-state index contributed by atoms with van der Waals surface area (Å²) in [7, 11) is 0. The highest BCUT2D eigenvalue weighted by molar-refractivity contribution is 7.98. The number of carboxylic acid groups (broad SMARTS) is 1. The van der Waals surface area contributed by atoms with Crippen molar-refractivity contribution in [2.45, 2.75) is 43.8 Å². The number of rotatable bonds is 16. The van der Waals surface area contributed by atoms with Crippen LogP contribution in [0.5, 0.6) is 0 Å². The first kappa shape index (κ1) is 28.7. The minimum atomic E-state index is -1.25. The summed E-state index contributed by atoms with van der Waals surface area (Å²) in [4.78, 5) is 59.2. The Hall–Kier alpha value is -3.33. The summed E-state index contributed by atoms with van der Waals surface area (Å²) >= 11 is 1.55. The minimum Gasteiger partial charge on any atom is -0.480 e. The van der Waals surface area contributed by atoms with Gasteiger partial charge < -0.3 is 43.2 Å². The van der Waals surface area contributed by atoms with Gasteiger partial charge in [0.05, 0.1) is 18.9 Å². The van der Waals surface area contributed by atoms with Crippen LogP contribution in [0.3, 0.4) is 0 Å². The summed E-state index contributed by atoms with van der Waals surface area (Å²) in [6, 6.07) is -3.08. The summed E-state index contributed by atoms with van der Waals surface area (Å²) in [5.74, 6) is -2.48. The monoisotopic (exact) mass is 499 g/mol. The van der Waals surface area contributed by atoms with Crippen LogP contribution in [0.2, 0.25) is 0 Å². The van der Waals surface area contributed by atoms with E-state index in [1.165, 1.54) is 12.5 Å². The summed E-state index contributed by atoms with van der Waals surface area (Å²) in [5.41, 5.74) is 16.9. The van der Waals surface area contributed by atoms with Crippen molar-refractivity contribution in [2.24, 2.45) is 22.2 Å². The highest BCUT2D eigenvalue weighted by atomic mass is 32.2. The Morgan fingerprint density at radius 3 is 2.50 bits per heavy atom. The fourth-order valence-corrected chi connectivity index (χ4v) is 3.27. The molecule has 0 spiro atoms. The molecular formula is C19H33N9O5S. The number of guanidine groups is 1. The first-order valence-electron chi connectivity index (χ1n) is 10.5. The van der Waals surface area contributed by atoms with Gasteiger partial charge in [0.2, 0.25) is 17.7 Å². The van der Waals surface area contributed by atoms with E-state index in [1.807, 2.05) is 6.26 Å². The Balaban J connectivity index is 2.74. The van der Waals surface area contributed by atoms with Crippen LogP contribution in [0.25, 0.3) is 0 Å². The summed E-state index contributed by atoms with van der Waals surface area (Å²) in [5, 5.41) is 16.8. The Morgan fingerprint density at radius 1 is 1.18 bits per heavy atom. The lowest BCUT2D eigenvalue weighted by Crippen LogP contribution is -2.54. The van der Waals surface area contributed by atoms with E-state index >= 15 is 0 Å². The smallest absolute Gasteiger partial charge is 0.326 e. The predicted molar refractivity (Wildman–Crippen MR) is 128 cm³/mol. The van der Waals surface area contributed by atoms with Gasteiger partial charge in [-0.3, -0.25) is 19.4 Å². The Labute approximate surface area is 201 Å². The van der Waals surface area contributed by atoms with Gasteiger partial charge in [-0.05, 0) is 31.3 Å². The normalized spacial score (nSPS) is 13.2. The second-order valence-corrected chi connectivity index (χ2v) is 8.34. The van der Waals surface area contributed by atoms with E-state index in [0.29, 0.717) is 24.3 Å². The molecule has 15 heteroatoms. The van der Waals surface area contributed by atoms with Crippen molar-refractivity contribution in [1.82, 2.24) is 25.9 Å². The standard InChI is InChI=1S/C19H33N9O5S/c1-34-6-4-12(20)16(30)25-9-15(29)27-13(3-2-5-24-19(21)22)17(31)28-14(18(32)33)7-11-8-23-10-26-11/h8,10,12-14H,2-7,9,20H2,1H3,(H,23,26)(H,25,30)(H,27,29)(H,28,31)(H,32,33)(H4,21,22,24). The van der Waals surface area contributed by atoms with Crippen LogP contribution in [0.1, 0.15) is 25.0 Å². The van der Waals surface area contributed by atoms with E-state index in [4.69, 9.17) is 17.2 Å². The van der Waals surface area contributed by atoms with Gasteiger partial charge in [-0.15, -0.1) is 0 Å². The summed E-state index contributed by atoms with van der Waals surface area (Å²) in [6.07, 6.45) is 5.62. The van der Waals surface area contributed by atoms with Gasteiger partial charge in [0, 0.05) is 24.9 Å². The highest BCUT2D eigenvalue weighted by Gasteiger charge is 2.27. The number of hydrogen-bond donors (Lipinski definition) is 8. The fraction of sp³-hybridized carbons (Fsp3) is 0.579. The molecule has 0 aromatic carbocycles. The third-order valence-electron chi connectivity index (χ3n) is 4.58. The van der Waals surface area contributed by atoms with Crippen LogP contribution < -0.4 is 33.2 Å². The van der Waals surface area contributed by atoms with Gasteiger partial charge in [0.15, 0.2) is 5.96 Å². The molecule has 14 nitrogen and oxygen atoms in total. The van der Waals surface area contributed by atoms with Crippen LogP contribution in [0, 0.1) is 0 Å². The van der Waals surface area contributed by atoms with Gasteiger partial charge in [-0.2, -0.15) is 11.8 Å². The minimum absolute atomic E-state index is 0.0280. The number of hydrogen-bond acceptors (Lipinski definition) is 8. The first-order chi connectivity index (χ1) is 16.1. The average Bonchev–Trinajstić information content (AvgIpc) is 3.30. The van der Waals surface area contributed by atoms with E-state index in [1.54, 1.807) is 11.8 Å². The second-order valence-electron chi connectivity index (χ2n) is 7.36. The molecular weight excluding hydrogens is 466 g/mol. The van der Waals surface area contributed by atoms with Crippen molar-refractivity contribution in [1.29, 1.82) is 0 Å². The van der Waals surface area contributed by atoms with Crippen LogP contribution in [-0.4, -0.2) is 87.9 Å². The van der Waals surface area contributed by atoms with Crippen LogP contribution >= 0.6 is 11.8 Å². The number of aliphatic imine (C=N–C) groups is 1. The third-order valence-corrected chi connectivity index (χ3v) is 5.23. The van der Waals surface area contributed by atoms with Crippen molar-refractivity contribution < 1.29 is 24.3 Å². The number of nitrogens with two attached hydrogens (primary N) is 3. The molecule has 1 aromatic heterocycles.